The minimum Gasteiger partial charge on any atom is -0.491 e. The molecule has 1 saturated heterocycles. The Labute approximate surface area is 180 Å². The van der Waals surface area contributed by atoms with E-state index >= 15 is 0 Å². The van der Waals surface area contributed by atoms with Gasteiger partial charge in [0.1, 0.15) is 18.5 Å². The third-order valence-electron chi connectivity index (χ3n) is 5.01. The molecule has 0 saturated carbocycles. The van der Waals surface area contributed by atoms with Crippen LogP contribution in [0.3, 0.4) is 0 Å². The maximum absolute atomic E-state index is 12.8. The number of hydrogen-bond donors (Lipinski definition) is 2. The lowest BCUT2D eigenvalue weighted by Gasteiger charge is -2.32. The van der Waals surface area contributed by atoms with Crippen molar-refractivity contribution in [2.24, 2.45) is 4.99 Å². The number of amidine groups is 1. The van der Waals surface area contributed by atoms with Gasteiger partial charge < -0.3 is 9.84 Å². The fraction of sp³-hybridized carbons (Fsp3) is 0.500. The van der Waals surface area contributed by atoms with E-state index in [4.69, 9.17) is 16.3 Å². The first-order valence-corrected chi connectivity index (χ1v) is 10.3. The molecule has 3 amide bonds. The maximum atomic E-state index is 12.8. The van der Waals surface area contributed by atoms with E-state index in [1.54, 1.807) is 35.9 Å². The average molecular weight is 437 g/mol. The first-order valence-electron chi connectivity index (χ1n) is 9.91. The summed E-state index contributed by atoms with van der Waals surface area (Å²) in [4.78, 5) is 32.0. The van der Waals surface area contributed by atoms with Crippen LogP contribution in [0.25, 0.3) is 0 Å². The monoisotopic (exact) mass is 436 g/mol. The molecule has 2 atom stereocenters. The number of urea groups is 1. The van der Waals surface area contributed by atoms with E-state index < -0.39 is 18.2 Å². The fourth-order valence-electron chi connectivity index (χ4n) is 3.31. The first kappa shape index (κ1) is 22.0. The van der Waals surface area contributed by atoms with Crippen LogP contribution in [0, 0.1) is 0 Å². The Morgan fingerprint density at radius 2 is 1.97 bits per heavy atom. The number of nitrogens with zero attached hydrogens (tertiary/aromatic N) is 4. The van der Waals surface area contributed by atoms with Gasteiger partial charge in [0.25, 0.3) is 5.91 Å². The number of aliphatic imine (C=N–C) groups is 1. The molecule has 3 rings (SSSR count). The second kappa shape index (κ2) is 9.44. The molecule has 1 aromatic carbocycles. The van der Waals surface area contributed by atoms with Gasteiger partial charge in [-0.1, -0.05) is 29.9 Å². The van der Waals surface area contributed by atoms with Crippen LogP contribution in [0.2, 0.25) is 5.02 Å². The van der Waals surface area contributed by atoms with Crippen molar-refractivity contribution in [2.75, 3.05) is 33.8 Å². The minimum atomic E-state index is -0.890. The zero-order chi connectivity index (χ0) is 21.8. The summed E-state index contributed by atoms with van der Waals surface area (Å²) in [7, 11) is 3.03. The third kappa shape index (κ3) is 4.57. The molecule has 0 spiro atoms. The summed E-state index contributed by atoms with van der Waals surface area (Å²) in [5.74, 6) is 1.03. The summed E-state index contributed by atoms with van der Waals surface area (Å²) in [6.07, 6.45) is 1.04. The number of guanidine groups is 1. The highest BCUT2D eigenvalue weighted by Crippen LogP contribution is 2.19. The zero-order valence-corrected chi connectivity index (χ0v) is 18.1. The number of amides is 3. The predicted molar refractivity (Wildman–Crippen MR) is 113 cm³/mol. The summed E-state index contributed by atoms with van der Waals surface area (Å²) < 4.78 is 7.32. The van der Waals surface area contributed by atoms with E-state index in [0.29, 0.717) is 29.1 Å². The minimum absolute atomic E-state index is 0.0290. The number of nitrogens with one attached hydrogen (secondary N) is 1. The van der Waals surface area contributed by atoms with Crippen LogP contribution in [0.5, 0.6) is 5.75 Å². The molecule has 0 aromatic heterocycles. The molecule has 0 radical (unpaired) electrons. The molecule has 2 unspecified atom stereocenters. The van der Waals surface area contributed by atoms with Gasteiger partial charge in [0.15, 0.2) is 0 Å². The molecular formula is C20H27ClN5O4+. The second-order valence-electron chi connectivity index (χ2n) is 7.29. The fourth-order valence-corrected chi connectivity index (χ4v) is 3.44. The van der Waals surface area contributed by atoms with Gasteiger partial charge in [-0.05, 0) is 30.7 Å². The van der Waals surface area contributed by atoms with E-state index in [1.165, 1.54) is 11.9 Å². The van der Waals surface area contributed by atoms with Crippen LogP contribution in [-0.4, -0.2) is 89.2 Å². The van der Waals surface area contributed by atoms with E-state index in [9.17, 15) is 14.7 Å². The lowest BCUT2D eigenvalue weighted by atomic mass is 10.1. The van der Waals surface area contributed by atoms with Crippen LogP contribution < -0.4 is 10.1 Å². The number of halogens is 1. The van der Waals surface area contributed by atoms with Crippen molar-refractivity contribution in [3.05, 3.63) is 29.3 Å². The van der Waals surface area contributed by atoms with Gasteiger partial charge in [0.05, 0.1) is 13.1 Å². The number of hydrogen-bond acceptors (Lipinski definition) is 6. The van der Waals surface area contributed by atoms with Gasteiger partial charge in [-0.15, -0.1) is 0 Å². The number of carbonyl (C=O) groups is 2. The Bertz CT molecular complexity index is 870. The van der Waals surface area contributed by atoms with Gasteiger partial charge in [-0.3, -0.25) is 19.9 Å². The largest absolute Gasteiger partial charge is 0.491 e. The lowest BCUT2D eigenvalue weighted by molar-refractivity contribution is -0.545. The van der Waals surface area contributed by atoms with Crippen molar-refractivity contribution in [1.82, 2.24) is 15.1 Å². The number of carbonyl (C=O) groups excluding carboxylic acids is 2. The molecule has 10 heteroatoms. The molecule has 1 fully saturated rings. The number of imide groups is 1. The van der Waals surface area contributed by atoms with Crippen LogP contribution in [0.15, 0.2) is 29.3 Å². The van der Waals surface area contributed by atoms with Crippen molar-refractivity contribution in [3.63, 3.8) is 0 Å². The van der Waals surface area contributed by atoms with Gasteiger partial charge in [-0.2, -0.15) is 0 Å². The van der Waals surface area contributed by atoms with Crippen molar-refractivity contribution < 1.29 is 24.0 Å². The smallest absolute Gasteiger partial charge is 0.390 e. The van der Waals surface area contributed by atoms with Crippen molar-refractivity contribution in [2.45, 2.75) is 31.9 Å². The molecule has 2 N–H and O–H groups in total. The second-order valence-corrected chi connectivity index (χ2v) is 7.72. The number of rotatable bonds is 8. The van der Waals surface area contributed by atoms with Crippen molar-refractivity contribution >= 4 is 35.3 Å². The van der Waals surface area contributed by atoms with E-state index in [2.05, 4.69) is 17.2 Å². The van der Waals surface area contributed by atoms with Gasteiger partial charge in [-0.25, -0.2) is 9.37 Å². The van der Waals surface area contributed by atoms with E-state index in [1.807, 2.05) is 0 Å². The first-order chi connectivity index (χ1) is 14.3. The van der Waals surface area contributed by atoms with Crippen molar-refractivity contribution in [1.29, 1.82) is 0 Å². The molecule has 9 nitrogen and oxygen atoms in total. The van der Waals surface area contributed by atoms with Crippen LogP contribution in [0.4, 0.5) is 4.79 Å². The number of aliphatic hydroxyl groups is 1. The number of β-amino-alcohol motifs (C(OH)–C–C–N with tert-alkyl or cyclic N) is 1. The molecule has 1 aromatic rings. The maximum Gasteiger partial charge on any atom is 0.390 e. The Kier molecular flexibility index (Phi) is 6.94. The molecule has 0 aliphatic carbocycles. The summed E-state index contributed by atoms with van der Waals surface area (Å²) >= 11 is 5.87. The highest BCUT2D eigenvalue weighted by Gasteiger charge is 2.51. The summed E-state index contributed by atoms with van der Waals surface area (Å²) in [6.45, 7) is 2.89. The van der Waals surface area contributed by atoms with Gasteiger partial charge >= 0.3 is 12.0 Å². The summed E-state index contributed by atoms with van der Waals surface area (Å²) in [6, 6.07) is 5.64. The van der Waals surface area contributed by atoms with Gasteiger partial charge in [0, 0.05) is 19.1 Å². The molecule has 30 heavy (non-hydrogen) atoms. The Morgan fingerprint density at radius 3 is 2.63 bits per heavy atom. The quantitative estimate of drug-likeness (QED) is 0.470. The highest BCUT2D eigenvalue weighted by atomic mass is 35.5. The lowest BCUT2D eigenvalue weighted by Crippen LogP contribution is -2.62. The normalized spacial score (nSPS) is 19.8. The van der Waals surface area contributed by atoms with E-state index in [-0.39, 0.29) is 19.1 Å². The Hall–Kier alpha value is -2.65. The predicted octanol–water partition coefficient (Wildman–Crippen LogP) is 1.14. The molecule has 2 heterocycles. The number of fused-ring (bicyclic) bond motifs is 1. The topological polar surface area (TPSA) is 97.5 Å². The van der Waals surface area contributed by atoms with E-state index in [0.717, 1.165) is 17.7 Å². The number of benzene rings is 1. The standard InChI is InChI=1S/C20H26ClN5O4/c1-4-5-10-22-19-23-17-16(18(28)25(3)20(29)24(17)2)26(19)11-14(27)12-30-15-8-6-13(21)7-9-15/h6-9,14,16,27H,4-5,10-12H2,1-3H3/p+1. The number of ether oxygens (including phenoxy) is 1. The van der Waals surface area contributed by atoms with Crippen LogP contribution >= 0.6 is 11.6 Å². The van der Waals surface area contributed by atoms with Crippen molar-refractivity contribution in [3.8, 4) is 5.75 Å². The number of likely N-dealkylation sites (N-methyl/N-ethyl adjacent to an activating group) is 2. The molecular weight excluding hydrogens is 410 g/mol. The summed E-state index contributed by atoms with van der Waals surface area (Å²) in [5.41, 5.74) is 0. The molecule has 2 aliphatic rings. The van der Waals surface area contributed by atoms with Crippen LogP contribution in [0.1, 0.15) is 19.8 Å². The Balaban J connectivity index is 1.76. The number of aliphatic hydroxyl groups excluding tert-OH is 1. The SMILES string of the molecule is CCCCNC1=[N+](CC(O)COc2ccc(Cl)cc2)C2C(=O)N(C)C(=O)N(C)C2=N1. The Morgan fingerprint density at radius 1 is 1.27 bits per heavy atom. The van der Waals surface area contributed by atoms with Crippen LogP contribution in [-0.2, 0) is 4.79 Å². The molecule has 0 bridgehead atoms. The molecule has 2 aliphatic heterocycles. The highest BCUT2D eigenvalue weighted by molar-refractivity contribution is 6.30. The summed E-state index contributed by atoms with van der Waals surface area (Å²) in [5, 5.41) is 14.4. The average Bonchev–Trinajstić information content (AvgIpc) is 3.08. The third-order valence-corrected chi connectivity index (χ3v) is 5.26. The zero-order valence-electron chi connectivity index (χ0n) is 17.3. The number of unbranched alkanes of at least 4 members (excludes halogenated alkanes) is 1. The van der Waals surface area contributed by atoms with Gasteiger partial charge in [0.2, 0.25) is 11.9 Å². The molecule has 162 valence electrons.